The van der Waals surface area contributed by atoms with Crippen molar-refractivity contribution in [2.45, 2.75) is 30.9 Å². The molecule has 2 aromatic carbocycles. The second-order valence-electron chi connectivity index (χ2n) is 6.34. The van der Waals surface area contributed by atoms with Gasteiger partial charge in [0, 0.05) is 10.6 Å². The van der Waals surface area contributed by atoms with Gasteiger partial charge in [0.25, 0.3) is 0 Å². The molecule has 0 radical (unpaired) electrons. The standard InChI is InChI=1S/C19H18ClN3O4S2/c1-11-7-8-15(9-16(11)20)29(25,26)27-17-12(2)5-4-6-14(17)10-21-23-19-22-18(24)13(3)28-19/h4-10,13H,1-3H3,(H,22,23,24). The Kier molecular flexibility index (Phi) is 6.30. The van der Waals surface area contributed by atoms with Crippen LogP contribution < -0.4 is 9.50 Å². The Hall–Kier alpha value is -2.36. The Morgan fingerprint density at radius 2 is 1.97 bits per heavy atom. The molecule has 1 aliphatic rings. The fourth-order valence-corrected chi connectivity index (χ4v) is 4.47. The molecule has 1 unspecified atom stereocenters. The maximum Gasteiger partial charge on any atom is 0.339 e. The van der Waals surface area contributed by atoms with Gasteiger partial charge in [0.05, 0.1) is 11.5 Å². The van der Waals surface area contributed by atoms with Gasteiger partial charge in [-0.3, -0.25) is 4.79 Å². The third-order valence-corrected chi connectivity index (χ3v) is 6.70. The Morgan fingerprint density at radius 1 is 1.21 bits per heavy atom. The lowest BCUT2D eigenvalue weighted by molar-refractivity contribution is -0.118. The average Bonchev–Trinajstić information content (AvgIpc) is 2.97. The van der Waals surface area contributed by atoms with Crippen LogP contribution in [-0.4, -0.2) is 31.0 Å². The van der Waals surface area contributed by atoms with Crippen LogP contribution in [0.5, 0.6) is 5.75 Å². The van der Waals surface area contributed by atoms with Gasteiger partial charge in [0.15, 0.2) is 10.9 Å². The largest absolute Gasteiger partial charge is 0.378 e. The Bertz CT molecular complexity index is 1130. The number of hydrogen-bond donors (Lipinski definition) is 1. The predicted octanol–water partition coefficient (Wildman–Crippen LogP) is 3.67. The molecule has 0 aliphatic carbocycles. The van der Waals surface area contributed by atoms with Crippen LogP contribution in [0.25, 0.3) is 0 Å². The third kappa shape index (κ3) is 4.98. The molecular weight excluding hydrogens is 434 g/mol. The summed E-state index contributed by atoms with van der Waals surface area (Å²) in [5, 5.41) is 11.0. The zero-order valence-corrected chi connectivity index (χ0v) is 18.2. The first-order valence-electron chi connectivity index (χ1n) is 8.56. The summed E-state index contributed by atoms with van der Waals surface area (Å²) in [6, 6.07) is 9.54. The van der Waals surface area contributed by atoms with E-state index in [1.165, 1.54) is 30.1 Å². The van der Waals surface area contributed by atoms with Crippen LogP contribution in [-0.2, 0) is 14.9 Å². The first kappa shape index (κ1) is 21.4. The molecule has 1 N–H and O–H groups in total. The lowest BCUT2D eigenvalue weighted by Crippen LogP contribution is -2.23. The molecule has 152 valence electrons. The normalized spacial score (nSPS) is 18.4. The predicted molar refractivity (Wildman–Crippen MR) is 115 cm³/mol. The minimum atomic E-state index is -4.10. The summed E-state index contributed by atoms with van der Waals surface area (Å²) in [5.74, 6) is 0.0102. The van der Waals surface area contributed by atoms with Crippen molar-refractivity contribution in [1.29, 1.82) is 0 Å². The molecule has 1 heterocycles. The number of amidine groups is 1. The number of carbonyl (C=O) groups is 1. The number of hydrogen-bond acceptors (Lipinski definition) is 7. The molecular formula is C19H18ClN3O4S2. The van der Waals surface area contributed by atoms with E-state index < -0.39 is 10.1 Å². The second kappa shape index (κ2) is 8.56. The number of aryl methyl sites for hydroxylation is 2. The summed E-state index contributed by atoms with van der Waals surface area (Å²) in [4.78, 5) is 11.4. The van der Waals surface area contributed by atoms with Crippen molar-refractivity contribution in [3.05, 3.63) is 58.1 Å². The Labute approximate surface area is 178 Å². The molecule has 10 heteroatoms. The van der Waals surface area contributed by atoms with E-state index in [0.717, 1.165) is 5.56 Å². The highest BCUT2D eigenvalue weighted by atomic mass is 35.5. The first-order valence-corrected chi connectivity index (χ1v) is 11.2. The van der Waals surface area contributed by atoms with E-state index in [-0.39, 0.29) is 21.8 Å². The van der Waals surface area contributed by atoms with E-state index in [4.69, 9.17) is 15.8 Å². The second-order valence-corrected chi connectivity index (χ2v) is 9.62. The lowest BCUT2D eigenvalue weighted by atomic mass is 10.1. The maximum absolute atomic E-state index is 12.7. The smallest absolute Gasteiger partial charge is 0.339 e. The van der Waals surface area contributed by atoms with Gasteiger partial charge >= 0.3 is 10.1 Å². The SMILES string of the molecule is Cc1ccc(S(=O)(=O)Oc2c(C)cccc2C=NN=C2NC(=O)C(C)S2)cc1Cl. The van der Waals surface area contributed by atoms with Gasteiger partial charge in [-0.25, -0.2) is 0 Å². The van der Waals surface area contributed by atoms with Crippen LogP contribution in [0.4, 0.5) is 0 Å². The zero-order valence-electron chi connectivity index (χ0n) is 15.8. The summed E-state index contributed by atoms with van der Waals surface area (Å²) < 4.78 is 30.8. The van der Waals surface area contributed by atoms with Crippen LogP contribution in [0, 0.1) is 13.8 Å². The topological polar surface area (TPSA) is 97.2 Å². The number of carbonyl (C=O) groups excluding carboxylic acids is 1. The summed E-state index contributed by atoms with van der Waals surface area (Å²) in [7, 11) is -4.10. The molecule has 0 bridgehead atoms. The van der Waals surface area contributed by atoms with Crippen LogP contribution in [0.2, 0.25) is 5.02 Å². The minimum absolute atomic E-state index is 0.0430. The Balaban J connectivity index is 1.88. The zero-order chi connectivity index (χ0) is 21.2. The number of thioether (sulfide) groups is 1. The molecule has 3 rings (SSSR count). The van der Waals surface area contributed by atoms with Crippen LogP contribution >= 0.6 is 23.4 Å². The first-order chi connectivity index (χ1) is 13.7. The van der Waals surface area contributed by atoms with E-state index >= 15 is 0 Å². The van der Waals surface area contributed by atoms with Gasteiger partial charge < -0.3 is 9.50 Å². The van der Waals surface area contributed by atoms with Gasteiger partial charge in [-0.1, -0.05) is 41.6 Å². The fraction of sp³-hybridized carbons (Fsp3) is 0.211. The number of nitrogens with one attached hydrogen (secondary N) is 1. The van der Waals surface area contributed by atoms with E-state index in [1.807, 2.05) is 0 Å². The van der Waals surface area contributed by atoms with Crippen molar-refractivity contribution in [3.8, 4) is 5.75 Å². The number of halogens is 1. The van der Waals surface area contributed by atoms with E-state index in [0.29, 0.717) is 21.3 Å². The van der Waals surface area contributed by atoms with Crippen molar-refractivity contribution >= 4 is 50.8 Å². The van der Waals surface area contributed by atoms with Crippen molar-refractivity contribution < 1.29 is 17.4 Å². The van der Waals surface area contributed by atoms with E-state index in [9.17, 15) is 13.2 Å². The minimum Gasteiger partial charge on any atom is -0.378 e. The molecule has 0 saturated carbocycles. The van der Waals surface area contributed by atoms with E-state index in [2.05, 4.69) is 15.5 Å². The molecule has 1 aliphatic heterocycles. The van der Waals surface area contributed by atoms with Gasteiger partial charge in [0.2, 0.25) is 5.91 Å². The van der Waals surface area contributed by atoms with Crippen LogP contribution in [0.15, 0.2) is 51.5 Å². The monoisotopic (exact) mass is 451 g/mol. The van der Waals surface area contributed by atoms with Crippen molar-refractivity contribution in [1.82, 2.24) is 5.32 Å². The summed E-state index contributed by atoms with van der Waals surface area (Å²) in [5.41, 5.74) is 1.80. The van der Waals surface area contributed by atoms with Crippen molar-refractivity contribution in [2.24, 2.45) is 10.2 Å². The number of rotatable bonds is 5. The van der Waals surface area contributed by atoms with E-state index in [1.54, 1.807) is 45.0 Å². The number of nitrogens with zero attached hydrogens (tertiary/aromatic N) is 2. The van der Waals surface area contributed by atoms with Crippen molar-refractivity contribution in [2.75, 3.05) is 0 Å². The molecule has 1 fully saturated rings. The van der Waals surface area contributed by atoms with Crippen LogP contribution in [0.3, 0.4) is 0 Å². The molecule has 29 heavy (non-hydrogen) atoms. The van der Waals surface area contributed by atoms with Crippen LogP contribution in [0.1, 0.15) is 23.6 Å². The quantitative estimate of drug-likeness (QED) is 0.425. The summed E-state index contributed by atoms with van der Waals surface area (Å²) in [6.07, 6.45) is 1.38. The highest BCUT2D eigenvalue weighted by molar-refractivity contribution is 8.15. The van der Waals surface area contributed by atoms with Gasteiger partial charge in [-0.15, -0.1) is 5.10 Å². The Morgan fingerprint density at radius 3 is 2.62 bits per heavy atom. The van der Waals surface area contributed by atoms with Gasteiger partial charge in [-0.05, 0) is 50.1 Å². The average molecular weight is 452 g/mol. The molecule has 0 aromatic heterocycles. The highest BCUT2D eigenvalue weighted by Gasteiger charge is 2.25. The summed E-state index contributed by atoms with van der Waals surface area (Å²) in [6.45, 7) is 5.27. The number of benzene rings is 2. The molecule has 2 aromatic rings. The molecule has 1 atom stereocenters. The van der Waals surface area contributed by atoms with Crippen molar-refractivity contribution in [3.63, 3.8) is 0 Å². The fourth-order valence-electron chi connectivity index (χ4n) is 2.43. The lowest BCUT2D eigenvalue weighted by Gasteiger charge is -2.12. The summed E-state index contributed by atoms with van der Waals surface area (Å²) >= 11 is 7.31. The molecule has 7 nitrogen and oxygen atoms in total. The highest BCUT2D eigenvalue weighted by Crippen LogP contribution is 2.28. The molecule has 0 spiro atoms. The number of amides is 1. The van der Waals surface area contributed by atoms with Gasteiger partial charge in [-0.2, -0.15) is 13.5 Å². The number of para-hydroxylation sites is 1. The molecule has 1 saturated heterocycles. The van der Waals surface area contributed by atoms with Gasteiger partial charge in [0.1, 0.15) is 4.90 Å². The maximum atomic E-state index is 12.7. The third-order valence-electron chi connectivity index (χ3n) is 4.10. The molecule has 1 amide bonds.